The summed E-state index contributed by atoms with van der Waals surface area (Å²) in [6.07, 6.45) is 0. The minimum absolute atomic E-state index is 1.23. The summed E-state index contributed by atoms with van der Waals surface area (Å²) >= 11 is 0. The quantitative estimate of drug-likeness (QED) is 0.198. The molecular weight excluding hydrogens is 504 g/mol. The zero-order valence-corrected chi connectivity index (χ0v) is 23.2. The molecule has 0 fully saturated rings. The van der Waals surface area contributed by atoms with E-state index in [1.807, 2.05) is 0 Å². The molecular formula is C42H28. The van der Waals surface area contributed by atoms with Crippen LogP contribution in [-0.2, 0) is 0 Å². The third-order valence-corrected chi connectivity index (χ3v) is 8.45. The first-order valence-corrected chi connectivity index (χ1v) is 14.5. The van der Waals surface area contributed by atoms with Gasteiger partial charge in [-0.15, -0.1) is 0 Å². The minimum atomic E-state index is 1.23. The lowest BCUT2D eigenvalue weighted by Gasteiger charge is -2.19. The smallest absolute Gasteiger partial charge is 0.00259 e. The summed E-state index contributed by atoms with van der Waals surface area (Å²) in [5.41, 5.74) is 9.97. The minimum Gasteiger partial charge on any atom is -0.0622 e. The summed E-state index contributed by atoms with van der Waals surface area (Å²) in [7, 11) is 0. The van der Waals surface area contributed by atoms with Crippen molar-refractivity contribution in [2.75, 3.05) is 0 Å². The first-order chi connectivity index (χ1) is 20.8. The summed E-state index contributed by atoms with van der Waals surface area (Å²) in [5.74, 6) is 0. The molecule has 8 aromatic rings. The van der Waals surface area contributed by atoms with Crippen molar-refractivity contribution in [3.63, 3.8) is 0 Å². The molecule has 0 aliphatic heterocycles. The van der Waals surface area contributed by atoms with Gasteiger partial charge >= 0.3 is 0 Å². The van der Waals surface area contributed by atoms with E-state index in [1.54, 1.807) is 0 Å². The first-order valence-electron chi connectivity index (χ1n) is 14.5. The van der Waals surface area contributed by atoms with Crippen LogP contribution < -0.4 is 0 Å². The van der Waals surface area contributed by atoms with E-state index in [-0.39, 0.29) is 0 Å². The van der Waals surface area contributed by atoms with Crippen LogP contribution in [0, 0.1) is 0 Å². The first kappa shape index (κ1) is 24.3. The number of hydrogen-bond acceptors (Lipinski definition) is 0. The third kappa shape index (κ3) is 4.08. The number of fused-ring (bicyclic) bond motifs is 3. The summed E-state index contributed by atoms with van der Waals surface area (Å²) in [6, 6.07) is 61.7. The number of hydrogen-bond donors (Lipinski definition) is 0. The van der Waals surface area contributed by atoms with Gasteiger partial charge in [-0.3, -0.25) is 0 Å². The average Bonchev–Trinajstić information content (AvgIpc) is 3.07. The lowest BCUT2D eigenvalue weighted by molar-refractivity contribution is 1.62. The second-order valence-corrected chi connectivity index (χ2v) is 10.9. The molecule has 42 heavy (non-hydrogen) atoms. The van der Waals surface area contributed by atoms with Gasteiger partial charge in [0, 0.05) is 0 Å². The van der Waals surface area contributed by atoms with Crippen molar-refractivity contribution in [1.29, 1.82) is 0 Å². The Bertz CT molecular complexity index is 2220. The molecule has 0 aliphatic carbocycles. The Morgan fingerprint density at radius 2 is 0.762 bits per heavy atom. The summed E-state index contributed by atoms with van der Waals surface area (Å²) in [6.45, 7) is 0. The van der Waals surface area contributed by atoms with Crippen molar-refractivity contribution in [2.24, 2.45) is 0 Å². The van der Waals surface area contributed by atoms with Crippen LogP contribution in [0.1, 0.15) is 0 Å². The van der Waals surface area contributed by atoms with Gasteiger partial charge in [-0.25, -0.2) is 0 Å². The van der Waals surface area contributed by atoms with E-state index in [9.17, 15) is 0 Å². The zero-order chi connectivity index (χ0) is 27.9. The standard InChI is InChI=1S/C42H28/c1-3-13-29(14-4-1)32-25-26-39-40(28-32)42(38-23-10-9-22-37(38)41(39)31-16-5-2-6-17-31)34-20-11-19-33(27-34)36-24-12-18-30-15-7-8-21-35(30)36/h1-28H. The maximum absolute atomic E-state index is 2.39. The molecule has 0 radical (unpaired) electrons. The molecule has 8 aromatic carbocycles. The van der Waals surface area contributed by atoms with Crippen LogP contribution in [0.4, 0.5) is 0 Å². The van der Waals surface area contributed by atoms with Crippen LogP contribution in [0.25, 0.3) is 76.8 Å². The van der Waals surface area contributed by atoms with Gasteiger partial charge in [0.2, 0.25) is 0 Å². The summed E-state index contributed by atoms with van der Waals surface area (Å²) < 4.78 is 0. The Labute approximate surface area is 246 Å². The topological polar surface area (TPSA) is 0 Å². The van der Waals surface area contributed by atoms with E-state index in [0.717, 1.165) is 0 Å². The van der Waals surface area contributed by atoms with E-state index in [0.29, 0.717) is 0 Å². The molecule has 196 valence electrons. The van der Waals surface area contributed by atoms with Gasteiger partial charge in [-0.05, 0) is 89.0 Å². The van der Waals surface area contributed by atoms with Crippen molar-refractivity contribution in [3.8, 4) is 44.5 Å². The van der Waals surface area contributed by atoms with Gasteiger partial charge in [0.25, 0.3) is 0 Å². The van der Waals surface area contributed by atoms with E-state index in [2.05, 4.69) is 170 Å². The Morgan fingerprint density at radius 3 is 1.52 bits per heavy atom. The molecule has 0 aromatic heterocycles. The summed E-state index contributed by atoms with van der Waals surface area (Å²) in [4.78, 5) is 0. The average molecular weight is 533 g/mol. The molecule has 0 heterocycles. The number of rotatable bonds is 4. The molecule has 0 saturated carbocycles. The van der Waals surface area contributed by atoms with Gasteiger partial charge in [0.1, 0.15) is 0 Å². The third-order valence-electron chi connectivity index (χ3n) is 8.45. The van der Waals surface area contributed by atoms with Crippen molar-refractivity contribution in [3.05, 3.63) is 170 Å². The zero-order valence-electron chi connectivity index (χ0n) is 23.2. The fourth-order valence-corrected chi connectivity index (χ4v) is 6.53. The maximum atomic E-state index is 2.39. The van der Waals surface area contributed by atoms with Crippen molar-refractivity contribution < 1.29 is 0 Å². The lowest BCUT2D eigenvalue weighted by atomic mass is 9.84. The molecule has 0 N–H and O–H groups in total. The van der Waals surface area contributed by atoms with Gasteiger partial charge in [-0.2, -0.15) is 0 Å². The predicted octanol–water partition coefficient (Wildman–Crippen LogP) is 11.8. The van der Waals surface area contributed by atoms with E-state index in [4.69, 9.17) is 0 Å². The van der Waals surface area contributed by atoms with E-state index >= 15 is 0 Å². The molecule has 0 spiro atoms. The SMILES string of the molecule is c1ccc(-c2ccc3c(-c4ccccc4)c4ccccc4c(-c4cccc(-c5cccc6ccccc56)c4)c3c2)cc1. The highest BCUT2D eigenvalue weighted by atomic mass is 14.2. The second-order valence-electron chi connectivity index (χ2n) is 10.9. The molecule has 8 rings (SSSR count). The van der Waals surface area contributed by atoms with Crippen molar-refractivity contribution in [1.82, 2.24) is 0 Å². The van der Waals surface area contributed by atoms with Crippen LogP contribution in [0.15, 0.2) is 170 Å². The van der Waals surface area contributed by atoms with Crippen molar-refractivity contribution in [2.45, 2.75) is 0 Å². The highest BCUT2D eigenvalue weighted by molar-refractivity contribution is 6.22. The van der Waals surface area contributed by atoms with Crippen LogP contribution >= 0.6 is 0 Å². The van der Waals surface area contributed by atoms with E-state index in [1.165, 1.54) is 76.8 Å². The molecule has 0 unspecified atom stereocenters. The van der Waals surface area contributed by atoms with Gasteiger partial charge in [-0.1, -0.05) is 158 Å². The monoisotopic (exact) mass is 532 g/mol. The molecule has 0 aliphatic rings. The molecule has 0 nitrogen and oxygen atoms in total. The normalized spacial score (nSPS) is 11.3. The molecule has 0 bridgehead atoms. The van der Waals surface area contributed by atoms with Gasteiger partial charge in [0.15, 0.2) is 0 Å². The van der Waals surface area contributed by atoms with Gasteiger partial charge in [0.05, 0.1) is 0 Å². The summed E-state index contributed by atoms with van der Waals surface area (Å²) in [5, 5.41) is 7.61. The Balaban J connectivity index is 1.46. The predicted molar refractivity (Wildman–Crippen MR) is 181 cm³/mol. The highest BCUT2D eigenvalue weighted by Gasteiger charge is 2.18. The van der Waals surface area contributed by atoms with Crippen LogP contribution in [0.5, 0.6) is 0 Å². The molecule has 0 saturated heterocycles. The van der Waals surface area contributed by atoms with Gasteiger partial charge < -0.3 is 0 Å². The molecule has 0 atom stereocenters. The largest absolute Gasteiger partial charge is 0.0622 e. The Kier molecular flexibility index (Phi) is 5.90. The fourth-order valence-electron chi connectivity index (χ4n) is 6.53. The Hall–Kier alpha value is -5.46. The van der Waals surface area contributed by atoms with Crippen LogP contribution in [0.3, 0.4) is 0 Å². The fraction of sp³-hybridized carbons (Fsp3) is 0. The lowest BCUT2D eigenvalue weighted by Crippen LogP contribution is -1.92. The van der Waals surface area contributed by atoms with Crippen molar-refractivity contribution >= 4 is 32.3 Å². The van der Waals surface area contributed by atoms with Crippen LogP contribution in [-0.4, -0.2) is 0 Å². The molecule has 0 amide bonds. The molecule has 0 heteroatoms. The van der Waals surface area contributed by atoms with E-state index < -0.39 is 0 Å². The highest BCUT2D eigenvalue weighted by Crippen LogP contribution is 2.45. The van der Waals surface area contributed by atoms with Crippen LogP contribution in [0.2, 0.25) is 0 Å². The second kappa shape index (κ2) is 10.2. The Morgan fingerprint density at radius 1 is 0.238 bits per heavy atom. The maximum Gasteiger partial charge on any atom is -0.00259 e. The number of benzene rings is 8.